The molecular formula is C30H24N6. The van der Waals surface area contributed by atoms with E-state index in [4.69, 9.17) is 17.2 Å². The smallest absolute Gasteiger partial charge is 0.0998 e. The zero-order valence-corrected chi connectivity index (χ0v) is 19.6. The van der Waals surface area contributed by atoms with Crippen molar-refractivity contribution in [1.82, 2.24) is 0 Å². The summed E-state index contributed by atoms with van der Waals surface area (Å²) in [6.45, 7) is 0. The molecule has 0 aliphatic heterocycles. The van der Waals surface area contributed by atoms with Gasteiger partial charge in [-0.2, -0.15) is 15.8 Å². The van der Waals surface area contributed by atoms with Gasteiger partial charge in [0.1, 0.15) is 0 Å². The molecule has 4 rings (SSSR count). The summed E-state index contributed by atoms with van der Waals surface area (Å²) >= 11 is 0. The minimum absolute atomic E-state index is 0.359. The van der Waals surface area contributed by atoms with Gasteiger partial charge in [0.15, 0.2) is 0 Å². The van der Waals surface area contributed by atoms with Gasteiger partial charge in [0.25, 0.3) is 0 Å². The molecule has 4 aromatic rings. The Balaban J connectivity index is 1.97. The Kier molecular flexibility index (Phi) is 6.87. The third-order valence-corrected chi connectivity index (χ3v) is 6.23. The van der Waals surface area contributed by atoms with E-state index in [2.05, 4.69) is 18.2 Å². The first-order valence-corrected chi connectivity index (χ1v) is 11.4. The number of nitrogen functional groups attached to an aromatic ring is 3. The highest BCUT2D eigenvalue weighted by Gasteiger charge is 2.24. The van der Waals surface area contributed by atoms with Gasteiger partial charge >= 0.3 is 0 Å². The number of hydrogen-bond donors (Lipinski definition) is 3. The van der Waals surface area contributed by atoms with Crippen LogP contribution in [0, 0.1) is 34.0 Å². The molecule has 6 heteroatoms. The highest BCUT2D eigenvalue weighted by Crippen LogP contribution is 2.33. The second-order valence-corrected chi connectivity index (χ2v) is 8.65. The SMILES string of the molecule is N#Cc1c(Cc2ccc(N)cc2)c(C#N)c(Cc2ccc(N)cc2)c(C#N)c1Cc1ccc(N)cc1. The van der Waals surface area contributed by atoms with E-state index in [9.17, 15) is 15.8 Å². The lowest BCUT2D eigenvalue weighted by Gasteiger charge is -2.19. The largest absolute Gasteiger partial charge is 0.399 e. The molecule has 0 spiro atoms. The number of rotatable bonds is 6. The van der Waals surface area contributed by atoms with E-state index in [-0.39, 0.29) is 0 Å². The van der Waals surface area contributed by atoms with Gasteiger partial charge in [-0.1, -0.05) is 36.4 Å². The number of nitriles is 3. The van der Waals surface area contributed by atoms with E-state index in [1.807, 2.05) is 36.4 Å². The van der Waals surface area contributed by atoms with Crippen molar-refractivity contribution in [3.63, 3.8) is 0 Å². The standard InChI is InChI=1S/C30H24N6/c31-16-28-25(13-19-1-7-22(34)8-2-19)29(17-32)27(15-21-5-11-24(36)12-6-21)30(18-33)26(28)14-20-3-9-23(35)10-4-20/h1-12H,13-15,34-36H2. The van der Waals surface area contributed by atoms with Crippen molar-refractivity contribution in [2.75, 3.05) is 17.2 Å². The molecule has 4 aromatic carbocycles. The summed E-state index contributed by atoms with van der Waals surface area (Å²) in [4.78, 5) is 0. The van der Waals surface area contributed by atoms with E-state index in [1.54, 1.807) is 36.4 Å². The van der Waals surface area contributed by atoms with Crippen molar-refractivity contribution in [2.24, 2.45) is 0 Å². The first-order chi connectivity index (χ1) is 17.4. The van der Waals surface area contributed by atoms with Crippen LogP contribution in [0.25, 0.3) is 0 Å². The Morgan fingerprint density at radius 2 is 0.639 bits per heavy atom. The van der Waals surface area contributed by atoms with Gasteiger partial charge in [0, 0.05) is 36.3 Å². The molecule has 6 nitrogen and oxygen atoms in total. The van der Waals surface area contributed by atoms with Crippen molar-refractivity contribution in [3.8, 4) is 18.2 Å². The van der Waals surface area contributed by atoms with Crippen molar-refractivity contribution >= 4 is 17.1 Å². The number of nitrogens with zero attached hydrogens (tertiary/aromatic N) is 3. The van der Waals surface area contributed by atoms with Gasteiger partial charge in [-0.3, -0.25) is 0 Å². The summed E-state index contributed by atoms with van der Waals surface area (Å²) in [5, 5.41) is 30.8. The molecule has 0 bridgehead atoms. The first kappa shape index (κ1) is 23.9. The van der Waals surface area contributed by atoms with Crippen LogP contribution < -0.4 is 17.2 Å². The molecular weight excluding hydrogens is 444 g/mol. The molecule has 0 unspecified atom stereocenters. The summed E-state index contributed by atoms with van der Waals surface area (Å²) in [5.41, 5.74) is 25.1. The summed E-state index contributed by atoms with van der Waals surface area (Å²) in [6.07, 6.45) is 1.09. The zero-order chi connectivity index (χ0) is 25.7. The summed E-state index contributed by atoms with van der Waals surface area (Å²) in [5.74, 6) is 0. The Morgan fingerprint density at radius 3 is 0.833 bits per heavy atom. The lowest BCUT2D eigenvalue weighted by molar-refractivity contribution is 1.05. The fourth-order valence-electron chi connectivity index (χ4n) is 4.38. The second kappa shape index (κ2) is 10.3. The Hall–Kier alpha value is -5.25. The second-order valence-electron chi connectivity index (χ2n) is 8.65. The van der Waals surface area contributed by atoms with Crippen LogP contribution in [-0.4, -0.2) is 0 Å². The molecule has 0 fully saturated rings. The van der Waals surface area contributed by atoms with Gasteiger partial charge in [0.2, 0.25) is 0 Å². The van der Waals surface area contributed by atoms with Crippen molar-refractivity contribution in [2.45, 2.75) is 19.3 Å². The maximum Gasteiger partial charge on any atom is 0.0998 e. The summed E-state index contributed by atoms with van der Waals surface area (Å²) in [7, 11) is 0. The molecule has 36 heavy (non-hydrogen) atoms. The molecule has 0 atom stereocenters. The predicted molar refractivity (Wildman–Crippen MR) is 142 cm³/mol. The summed E-state index contributed by atoms with van der Waals surface area (Å²) < 4.78 is 0. The van der Waals surface area contributed by atoms with Gasteiger partial charge in [-0.25, -0.2) is 0 Å². The normalized spacial score (nSPS) is 10.2. The Bertz CT molecular complexity index is 1320. The van der Waals surface area contributed by atoms with Crippen LogP contribution >= 0.6 is 0 Å². The quantitative estimate of drug-likeness (QED) is 0.345. The lowest BCUT2D eigenvalue weighted by Crippen LogP contribution is -2.11. The fraction of sp³-hybridized carbons (Fsp3) is 0.100. The van der Waals surface area contributed by atoms with E-state index in [1.165, 1.54) is 0 Å². The highest BCUT2D eigenvalue weighted by atomic mass is 14.5. The maximum absolute atomic E-state index is 10.3. The molecule has 174 valence electrons. The molecule has 0 aliphatic rings. The number of nitrogens with two attached hydrogens (primary N) is 3. The Labute approximate surface area is 210 Å². The molecule has 0 saturated heterocycles. The van der Waals surface area contributed by atoms with Crippen LogP contribution in [0.15, 0.2) is 72.8 Å². The van der Waals surface area contributed by atoms with Gasteiger partial charge in [-0.05, 0) is 69.8 Å². The third-order valence-electron chi connectivity index (χ3n) is 6.23. The Morgan fingerprint density at radius 1 is 0.417 bits per heavy atom. The van der Waals surface area contributed by atoms with E-state index in [0.29, 0.717) is 69.7 Å². The van der Waals surface area contributed by atoms with Crippen molar-refractivity contribution in [3.05, 3.63) is 123 Å². The minimum atomic E-state index is 0.359. The van der Waals surface area contributed by atoms with E-state index >= 15 is 0 Å². The van der Waals surface area contributed by atoms with Crippen LogP contribution in [0.4, 0.5) is 17.1 Å². The van der Waals surface area contributed by atoms with Crippen LogP contribution in [0.1, 0.15) is 50.1 Å². The van der Waals surface area contributed by atoms with Gasteiger partial charge < -0.3 is 17.2 Å². The first-order valence-electron chi connectivity index (χ1n) is 11.4. The number of benzene rings is 4. The van der Waals surface area contributed by atoms with Crippen LogP contribution in [0.5, 0.6) is 0 Å². The van der Waals surface area contributed by atoms with E-state index < -0.39 is 0 Å². The average molecular weight is 469 g/mol. The van der Waals surface area contributed by atoms with Gasteiger partial charge in [-0.15, -0.1) is 0 Å². The van der Waals surface area contributed by atoms with Crippen molar-refractivity contribution < 1.29 is 0 Å². The zero-order valence-electron chi connectivity index (χ0n) is 19.6. The summed E-state index contributed by atoms with van der Waals surface area (Å²) in [6, 6.07) is 29.0. The molecule has 0 aliphatic carbocycles. The monoisotopic (exact) mass is 468 g/mol. The van der Waals surface area contributed by atoms with E-state index in [0.717, 1.165) is 16.7 Å². The molecule has 0 amide bonds. The van der Waals surface area contributed by atoms with Crippen LogP contribution in [0.3, 0.4) is 0 Å². The molecule has 6 N–H and O–H groups in total. The average Bonchev–Trinajstić information content (AvgIpc) is 2.88. The number of anilines is 3. The van der Waals surface area contributed by atoms with Crippen molar-refractivity contribution in [1.29, 1.82) is 15.8 Å². The highest BCUT2D eigenvalue weighted by molar-refractivity contribution is 5.66. The van der Waals surface area contributed by atoms with Crippen LogP contribution in [0.2, 0.25) is 0 Å². The minimum Gasteiger partial charge on any atom is -0.399 e. The predicted octanol–water partition coefficient (Wildman–Crippen LogP) is 4.82. The van der Waals surface area contributed by atoms with Crippen LogP contribution in [-0.2, 0) is 19.3 Å². The topological polar surface area (TPSA) is 149 Å². The lowest BCUT2D eigenvalue weighted by atomic mass is 9.81. The molecule has 0 radical (unpaired) electrons. The number of hydrogen-bond acceptors (Lipinski definition) is 6. The molecule has 0 heterocycles. The fourth-order valence-corrected chi connectivity index (χ4v) is 4.38. The van der Waals surface area contributed by atoms with Gasteiger partial charge in [0.05, 0.1) is 34.9 Å². The third kappa shape index (κ3) is 4.97. The molecule has 0 saturated carbocycles. The molecule has 0 aromatic heterocycles. The maximum atomic E-state index is 10.3.